The summed E-state index contributed by atoms with van der Waals surface area (Å²) in [5, 5.41) is 2.96. The highest BCUT2D eigenvalue weighted by Gasteiger charge is 2.33. The zero-order valence-electron chi connectivity index (χ0n) is 23.6. The third-order valence-electron chi connectivity index (χ3n) is 6.45. The Morgan fingerprint density at radius 3 is 2.10 bits per heavy atom. The second-order valence-electron chi connectivity index (χ2n) is 10.4. The van der Waals surface area contributed by atoms with Crippen molar-refractivity contribution < 1.29 is 18.0 Å². The molecule has 0 unspecified atom stereocenters. The molecule has 3 rings (SSSR count). The minimum absolute atomic E-state index is 0.130. The van der Waals surface area contributed by atoms with E-state index in [1.165, 1.54) is 4.90 Å². The van der Waals surface area contributed by atoms with E-state index < -0.39 is 28.5 Å². The number of carbonyl (C=O) groups excluding carboxylic acids is 2. The third-order valence-corrected chi connectivity index (χ3v) is 7.58. The van der Waals surface area contributed by atoms with E-state index in [-0.39, 0.29) is 18.5 Å². The second kappa shape index (κ2) is 12.9. The summed E-state index contributed by atoms with van der Waals surface area (Å²) in [7, 11) is -3.80. The van der Waals surface area contributed by atoms with Gasteiger partial charge >= 0.3 is 0 Å². The maximum absolute atomic E-state index is 14.1. The Hall–Kier alpha value is -3.65. The first-order valence-electron chi connectivity index (χ1n) is 13.1. The molecule has 0 aliphatic heterocycles. The molecule has 208 valence electrons. The molecule has 1 atom stereocenters. The van der Waals surface area contributed by atoms with E-state index >= 15 is 0 Å². The van der Waals surface area contributed by atoms with E-state index in [0.29, 0.717) is 12.1 Å². The monoisotopic (exact) mass is 549 g/mol. The van der Waals surface area contributed by atoms with E-state index in [9.17, 15) is 18.0 Å². The van der Waals surface area contributed by atoms with Gasteiger partial charge in [-0.2, -0.15) is 0 Å². The zero-order chi connectivity index (χ0) is 28.7. The molecular weight excluding hydrogens is 510 g/mol. The standard InChI is InChI=1S/C31H39N3O4S/c1-22(2)32-31(36)29(19-26-12-8-7-9-13-26)33(20-27-14-10-11-23(3)17-27)30(35)21-34(39(6,37)38)28-18-24(4)15-16-25(28)5/h7-18,22,29H,19-21H2,1-6H3,(H,32,36)/t29-/m1/s1. The highest BCUT2D eigenvalue weighted by molar-refractivity contribution is 7.92. The lowest BCUT2D eigenvalue weighted by Gasteiger charge is -2.34. The minimum atomic E-state index is -3.80. The van der Waals surface area contributed by atoms with Gasteiger partial charge in [-0.15, -0.1) is 0 Å². The summed E-state index contributed by atoms with van der Waals surface area (Å²) in [5.74, 6) is -0.741. The predicted octanol–water partition coefficient (Wildman–Crippen LogP) is 4.54. The summed E-state index contributed by atoms with van der Waals surface area (Å²) in [6, 6.07) is 21.8. The Balaban J connectivity index is 2.08. The summed E-state index contributed by atoms with van der Waals surface area (Å²) in [6.45, 7) is 9.14. The van der Waals surface area contributed by atoms with E-state index in [1.807, 2.05) is 101 Å². The first-order chi connectivity index (χ1) is 18.3. The van der Waals surface area contributed by atoms with Crippen LogP contribution in [0.2, 0.25) is 0 Å². The number of sulfonamides is 1. The number of hydrogen-bond acceptors (Lipinski definition) is 4. The van der Waals surface area contributed by atoms with Gasteiger partial charge in [-0.3, -0.25) is 13.9 Å². The third kappa shape index (κ3) is 8.42. The average Bonchev–Trinajstić information content (AvgIpc) is 2.85. The quantitative estimate of drug-likeness (QED) is 0.380. The van der Waals surface area contributed by atoms with Gasteiger partial charge < -0.3 is 10.2 Å². The molecule has 39 heavy (non-hydrogen) atoms. The Morgan fingerprint density at radius 2 is 1.49 bits per heavy atom. The van der Waals surface area contributed by atoms with Crippen LogP contribution in [0.1, 0.15) is 41.7 Å². The van der Waals surface area contributed by atoms with Crippen LogP contribution in [-0.4, -0.2) is 50.0 Å². The molecule has 0 aromatic heterocycles. The Labute approximate surface area is 232 Å². The van der Waals surface area contributed by atoms with Gasteiger partial charge in [0.05, 0.1) is 11.9 Å². The van der Waals surface area contributed by atoms with E-state index in [0.717, 1.165) is 38.4 Å². The van der Waals surface area contributed by atoms with Crippen LogP contribution in [0.25, 0.3) is 0 Å². The smallest absolute Gasteiger partial charge is 0.244 e. The van der Waals surface area contributed by atoms with Crippen molar-refractivity contribution in [1.82, 2.24) is 10.2 Å². The van der Waals surface area contributed by atoms with Crippen LogP contribution in [0.4, 0.5) is 5.69 Å². The van der Waals surface area contributed by atoms with Gasteiger partial charge in [0, 0.05) is 19.0 Å². The molecule has 8 heteroatoms. The number of hydrogen-bond donors (Lipinski definition) is 1. The van der Waals surface area contributed by atoms with Gasteiger partial charge in [-0.25, -0.2) is 8.42 Å². The van der Waals surface area contributed by atoms with Crippen molar-refractivity contribution >= 4 is 27.5 Å². The van der Waals surface area contributed by atoms with Crippen molar-refractivity contribution in [2.45, 2.75) is 59.7 Å². The average molecular weight is 550 g/mol. The molecule has 0 radical (unpaired) electrons. The summed E-state index contributed by atoms with van der Waals surface area (Å²) in [6.07, 6.45) is 1.39. The summed E-state index contributed by atoms with van der Waals surface area (Å²) in [5.41, 5.74) is 4.86. The number of nitrogens with one attached hydrogen (secondary N) is 1. The maximum Gasteiger partial charge on any atom is 0.244 e. The van der Waals surface area contributed by atoms with Gasteiger partial charge in [0.25, 0.3) is 0 Å². The molecule has 0 saturated carbocycles. The summed E-state index contributed by atoms with van der Waals surface area (Å²) in [4.78, 5) is 29.2. The topological polar surface area (TPSA) is 86.8 Å². The zero-order valence-corrected chi connectivity index (χ0v) is 24.5. The molecule has 0 aliphatic carbocycles. The summed E-state index contributed by atoms with van der Waals surface area (Å²) < 4.78 is 27.1. The molecule has 0 spiro atoms. The fraction of sp³-hybridized carbons (Fsp3) is 0.355. The van der Waals surface area contributed by atoms with Gasteiger partial charge in [0.15, 0.2) is 0 Å². The Morgan fingerprint density at radius 1 is 0.846 bits per heavy atom. The van der Waals surface area contributed by atoms with Crippen molar-refractivity contribution in [3.05, 3.63) is 101 Å². The van der Waals surface area contributed by atoms with Crippen LogP contribution in [0.15, 0.2) is 72.8 Å². The van der Waals surface area contributed by atoms with Gasteiger partial charge in [0.2, 0.25) is 21.8 Å². The Bertz CT molecular complexity index is 1400. The first-order valence-corrected chi connectivity index (χ1v) is 14.9. The molecule has 3 aromatic carbocycles. The number of benzene rings is 3. The maximum atomic E-state index is 14.1. The van der Waals surface area contributed by atoms with Crippen molar-refractivity contribution in [2.75, 3.05) is 17.1 Å². The molecule has 0 saturated heterocycles. The van der Waals surface area contributed by atoms with Crippen molar-refractivity contribution in [1.29, 1.82) is 0 Å². The fourth-order valence-electron chi connectivity index (χ4n) is 4.52. The number of rotatable bonds is 11. The largest absolute Gasteiger partial charge is 0.352 e. The number of nitrogens with zero attached hydrogens (tertiary/aromatic N) is 2. The van der Waals surface area contributed by atoms with E-state index in [1.54, 1.807) is 6.07 Å². The molecule has 0 aliphatic rings. The molecular formula is C31H39N3O4S. The molecule has 2 amide bonds. The van der Waals surface area contributed by atoms with Gasteiger partial charge in [-0.1, -0.05) is 72.3 Å². The van der Waals surface area contributed by atoms with E-state index in [4.69, 9.17) is 0 Å². The van der Waals surface area contributed by atoms with Crippen LogP contribution < -0.4 is 9.62 Å². The van der Waals surface area contributed by atoms with Crippen LogP contribution in [-0.2, 0) is 32.6 Å². The minimum Gasteiger partial charge on any atom is -0.352 e. The highest BCUT2D eigenvalue weighted by atomic mass is 32.2. The number of anilines is 1. The van der Waals surface area contributed by atoms with E-state index in [2.05, 4.69) is 5.32 Å². The fourth-order valence-corrected chi connectivity index (χ4v) is 5.42. The van der Waals surface area contributed by atoms with Gasteiger partial charge in [-0.05, 0) is 62.9 Å². The second-order valence-corrected chi connectivity index (χ2v) is 12.3. The molecule has 3 aromatic rings. The first kappa shape index (κ1) is 29.9. The number of amides is 2. The molecule has 0 heterocycles. The molecule has 0 bridgehead atoms. The molecule has 7 nitrogen and oxygen atoms in total. The number of carbonyl (C=O) groups is 2. The Kier molecular flexibility index (Phi) is 9.92. The van der Waals surface area contributed by atoms with Crippen LogP contribution in [0.3, 0.4) is 0 Å². The van der Waals surface area contributed by atoms with Gasteiger partial charge in [0.1, 0.15) is 12.6 Å². The normalized spacial score (nSPS) is 12.2. The summed E-state index contributed by atoms with van der Waals surface area (Å²) >= 11 is 0. The highest BCUT2D eigenvalue weighted by Crippen LogP contribution is 2.25. The SMILES string of the molecule is Cc1cccc(CN(C(=O)CN(c2cc(C)ccc2C)S(C)(=O)=O)[C@H](Cc2ccccc2)C(=O)NC(C)C)c1. The van der Waals surface area contributed by atoms with Crippen LogP contribution in [0.5, 0.6) is 0 Å². The van der Waals surface area contributed by atoms with Crippen LogP contribution in [0, 0.1) is 20.8 Å². The number of aryl methyl sites for hydroxylation is 3. The molecule has 0 fully saturated rings. The lowest BCUT2D eigenvalue weighted by atomic mass is 10.0. The van der Waals surface area contributed by atoms with Crippen molar-refractivity contribution in [3.63, 3.8) is 0 Å². The van der Waals surface area contributed by atoms with Crippen molar-refractivity contribution in [3.8, 4) is 0 Å². The predicted molar refractivity (Wildman–Crippen MR) is 157 cm³/mol. The molecule has 1 N–H and O–H groups in total. The van der Waals surface area contributed by atoms with Crippen molar-refractivity contribution in [2.24, 2.45) is 0 Å². The van der Waals surface area contributed by atoms with Crippen LogP contribution >= 0.6 is 0 Å². The lowest BCUT2D eigenvalue weighted by Crippen LogP contribution is -2.54. The lowest BCUT2D eigenvalue weighted by molar-refractivity contribution is -0.140.